The molecule has 0 unspecified atom stereocenters. The van der Waals surface area contributed by atoms with Crippen molar-refractivity contribution in [1.82, 2.24) is 14.3 Å². The molecule has 0 N–H and O–H groups in total. The number of rotatable bonds is 3. The van der Waals surface area contributed by atoms with E-state index in [1.165, 1.54) is 18.6 Å². The third-order valence-electron chi connectivity index (χ3n) is 3.53. The van der Waals surface area contributed by atoms with Crippen molar-refractivity contribution in [2.45, 2.75) is 32.6 Å². The molecule has 0 radical (unpaired) electrons. The molecule has 0 atom stereocenters. The van der Waals surface area contributed by atoms with Crippen LogP contribution in [-0.2, 0) is 14.9 Å². The monoisotopic (exact) mass is 312 g/mol. The molecule has 0 saturated carbocycles. The molecule has 21 heavy (non-hydrogen) atoms. The van der Waals surface area contributed by atoms with Crippen LogP contribution >= 0.6 is 11.5 Å². The van der Waals surface area contributed by atoms with E-state index in [4.69, 9.17) is 4.74 Å². The average molecular weight is 312 g/mol. The molecule has 6 nitrogen and oxygen atoms in total. The quantitative estimate of drug-likeness (QED) is 0.789. The predicted octanol–water partition coefficient (Wildman–Crippen LogP) is 1.52. The lowest BCUT2D eigenvalue weighted by atomic mass is 9.96. The Labute approximate surface area is 130 Å². The van der Waals surface area contributed by atoms with E-state index < -0.39 is 0 Å². The van der Waals surface area contributed by atoms with Gasteiger partial charge in [0, 0.05) is 43.1 Å². The summed E-state index contributed by atoms with van der Waals surface area (Å²) in [5, 5.41) is 0.986. The lowest BCUT2D eigenvalue weighted by Crippen LogP contribution is -2.34. The van der Waals surface area contributed by atoms with Crippen LogP contribution in [0.25, 0.3) is 0 Å². The van der Waals surface area contributed by atoms with Gasteiger partial charge < -0.3 is 9.64 Å². The second kappa shape index (κ2) is 6.70. The molecule has 1 aliphatic heterocycles. The second-order valence-electron chi connectivity index (χ2n) is 6.34. The van der Waals surface area contributed by atoms with E-state index in [0.717, 1.165) is 43.6 Å². The third-order valence-corrected chi connectivity index (χ3v) is 4.30. The summed E-state index contributed by atoms with van der Waals surface area (Å²) in [5.41, 5.74) is -0.0164. The highest BCUT2D eigenvalue weighted by Gasteiger charge is 2.23. The molecular weight excluding hydrogens is 288 g/mol. The fourth-order valence-corrected chi connectivity index (χ4v) is 3.12. The van der Waals surface area contributed by atoms with Crippen molar-refractivity contribution in [3.05, 3.63) is 5.82 Å². The summed E-state index contributed by atoms with van der Waals surface area (Å²) in [7, 11) is 1.43. The summed E-state index contributed by atoms with van der Waals surface area (Å²) in [4.78, 5) is 20.4. The third kappa shape index (κ3) is 4.38. The minimum absolute atomic E-state index is 0.0164. The number of ether oxygens (including phenoxy) is 1. The normalized spacial score (nSPS) is 17.6. The fourth-order valence-electron chi connectivity index (χ4n) is 2.22. The van der Waals surface area contributed by atoms with Gasteiger partial charge in [0.2, 0.25) is 5.13 Å². The molecular formula is C14H24N4O2S. The van der Waals surface area contributed by atoms with E-state index >= 15 is 0 Å². The number of anilines is 1. The van der Waals surface area contributed by atoms with E-state index in [-0.39, 0.29) is 11.4 Å². The van der Waals surface area contributed by atoms with Gasteiger partial charge in [-0.2, -0.15) is 4.37 Å². The Balaban J connectivity index is 1.96. The first-order valence-electron chi connectivity index (χ1n) is 7.28. The Bertz CT molecular complexity index is 484. The van der Waals surface area contributed by atoms with Crippen LogP contribution in [0, 0.1) is 0 Å². The summed E-state index contributed by atoms with van der Waals surface area (Å²) in [6.45, 7) is 10.3. The van der Waals surface area contributed by atoms with Gasteiger partial charge in [-0.1, -0.05) is 20.8 Å². The molecule has 2 rings (SSSR count). The van der Waals surface area contributed by atoms with Crippen molar-refractivity contribution < 1.29 is 9.53 Å². The summed E-state index contributed by atoms with van der Waals surface area (Å²) in [6, 6.07) is 0. The Morgan fingerprint density at radius 3 is 2.67 bits per heavy atom. The second-order valence-corrected chi connectivity index (χ2v) is 7.07. The zero-order valence-corrected chi connectivity index (χ0v) is 14.1. The first-order chi connectivity index (χ1) is 9.90. The molecule has 1 aromatic heterocycles. The Morgan fingerprint density at radius 2 is 2.05 bits per heavy atom. The number of methoxy groups -OCH3 is 1. The van der Waals surface area contributed by atoms with E-state index in [9.17, 15) is 4.79 Å². The maximum absolute atomic E-state index is 11.4. The topological polar surface area (TPSA) is 58.6 Å². The van der Waals surface area contributed by atoms with Crippen LogP contribution in [0.4, 0.5) is 5.13 Å². The standard InChI is InChI=1S/C14H24N4O2S/c1-14(2,3)12-15-13(21-16-12)18-7-5-6-17(8-9-18)10-11(19)20-4/h5-10H2,1-4H3. The van der Waals surface area contributed by atoms with Crippen molar-refractivity contribution in [2.75, 3.05) is 44.7 Å². The molecule has 0 spiro atoms. The zero-order valence-electron chi connectivity index (χ0n) is 13.3. The molecule has 1 fully saturated rings. The van der Waals surface area contributed by atoms with Gasteiger partial charge in [0.1, 0.15) is 5.82 Å². The highest BCUT2D eigenvalue weighted by molar-refractivity contribution is 7.09. The summed E-state index contributed by atoms with van der Waals surface area (Å²) < 4.78 is 9.21. The van der Waals surface area contributed by atoms with Gasteiger partial charge in [-0.05, 0) is 6.42 Å². The van der Waals surface area contributed by atoms with Gasteiger partial charge in [-0.15, -0.1) is 0 Å². The highest BCUT2D eigenvalue weighted by Crippen LogP contribution is 2.25. The van der Waals surface area contributed by atoms with Crippen molar-refractivity contribution in [3.8, 4) is 0 Å². The maximum atomic E-state index is 11.4. The van der Waals surface area contributed by atoms with Gasteiger partial charge >= 0.3 is 5.97 Å². The maximum Gasteiger partial charge on any atom is 0.319 e. The molecule has 0 amide bonds. The largest absolute Gasteiger partial charge is 0.468 e. The van der Waals surface area contributed by atoms with E-state index in [0.29, 0.717) is 6.54 Å². The van der Waals surface area contributed by atoms with Crippen LogP contribution in [0.1, 0.15) is 33.0 Å². The fraction of sp³-hybridized carbons (Fsp3) is 0.786. The lowest BCUT2D eigenvalue weighted by Gasteiger charge is -2.20. The molecule has 1 saturated heterocycles. The minimum Gasteiger partial charge on any atom is -0.468 e. The van der Waals surface area contributed by atoms with Crippen LogP contribution in [0.2, 0.25) is 0 Å². The van der Waals surface area contributed by atoms with Gasteiger partial charge in [-0.25, -0.2) is 4.98 Å². The smallest absolute Gasteiger partial charge is 0.319 e. The van der Waals surface area contributed by atoms with E-state index in [1.54, 1.807) is 0 Å². The summed E-state index contributed by atoms with van der Waals surface area (Å²) >= 11 is 1.47. The predicted molar refractivity (Wildman–Crippen MR) is 83.9 cm³/mol. The van der Waals surface area contributed by atoms with Crippen LogP contribution in [0.15, 0.2) is 0 Å². The van der Waals surface area contributed by atoms with E-state index in [2.05, 4.69) is 39.9 Å². The number of carbonyl (C=O) groups is 1. The van der Waals surface area contributed by atoms with E-state index in [1.807, 2.05) is 0 Å². The SMILES string of the molecule is COC(=O)CN1CCCN(c2nc(C(C)(C)C)ns2)CC1. The van der Waals surface area contributed by atoms with Crippen molar-refractivity contribution >= 4 is 22.6 Å². The first kappa shape index (κ1) is 16.2. The molecule has 1 aromatic rings. The molecule has 0 aliphatic carbocycles. The molecule has 7 heteroatoms. The number of hydrogen-bond acceptors (Lipinski definition) is 7. The Kier molecular flexibility index (Phi) is 5.16. The number of nitrogens with zero attached hydrogens (tertiary/aromatic N) is 4. The number of hydrogen-bond donors (Lipinski definition) is 0. The molecule has 0 aromatic carbocycles. The zero-order chi connectivity index (χ0) is 15.5. The number of aromatic nitrogens is 2. The van der Waals surface area contributed by atoms with Gasteiger partial charge in [0.05, 0.1) is 13.7 Å². The Hall–Kier alpha value is -1.21. The number of esters is 1. The molecule has 118 valence electrons. The average Bonchev–Trinajstić information content (AvgIpc) is 2.81. The summed E-state index contributed by atoms with van der Waals surface area (Å²) in [5.74, 6) is 0.729. The van der Waals surface area contributed by atoms with Crippen LogP contribution in [0.3, 0.4) is 0 Å². The van der Waals surface area contributed by atoms with Crippen LogP contribution in [0.5, 0.6) is 0 Å². The van der Waals surface area contributed by atoms with Gasteiger partial charge in [0.15, 0.2) is 0 Å². The molecule has 2 heterocycles. The van der Waals surface area contributed by atoms with Crippen molar-refractivity contribution in [3.63, 3.8) is 0 Å². The molecule has 1 aliphatic rings. The number of carbonyl (C=O) groups excluding carboxylic acids is 1. The van der Waals surface area contributed by atoms with Crippen LogP contribution in [-0.4, -0.2) is 60.1 Å². The van der Waals surface area contributed by atoms with Gasteiger partial charge in [-0.3, -0.25) is 9.69 Å². The minimum atomic E-state index is -0.172. The summed E-state index contributed by atoms with van der Waals surface area (Å²) in [6.07, 6.45) is 1.02. The van der Waals surface area contributed by atoms with Crippen molar-refractivity contribution in [2.24, 2.45) is 0 Å². The lowest BCUT2D eigenvalue weighted by molar-refractivity contribution is -0.141. The van der Waals surface area contributed by atoms with Crippen LogP contribution < -0.4 is 4.90 Å². The Morgan fingerprint density at radius 1 is 1.29 bits per heavy atom. The van der Waals surface area contributed by atoms with Crippen molar-refractivity contribution in [1.29, 1.82) is 0 Å². The van der Waals surface area contributed by atoms with Gasteiger partial charge in [0.25, 0.3) is 0 Å². The first-order valence-corrected chi connectivity index (χ1v) is 8.06. The molecule has 0 bridgehead atoms. The highest BCUT2D eigenvalue weighted by atomic mass is 32.1.